The molecule has 1 amide bonds. The number of rotatable bonds is 6. The third-order valence-corrected chi connectivity index (χ3v) is 2.78. The third kappa shape index (κ3) is 3.74. The van der Waals surface area contributed by atoms with Crippen molar-refractivity contribution in [2.75, 3.05) is 25.0 Å². The predicted octanol–water partition coefficient (Wildman–Crippen LogP) is 2.11. The first-order valence-corrected chi connectivity index (χ1v) is 6.19. The molecule has 4 nitrogen and oxygen atoms in total. The molecule has 98 valence electrons. The van der Waals surface area contributed by atoms with Gasteiger partial charge in [-0.05, 0) is 18.6 Å². The molecule has 0 spiro atoms. The maximum Gasteiger partial charge on any atom is 0.239 e. The largest absolute Gasteiger partial charge is 0.364 e. The number of hydrogen-bond donors (Lipinski definition) is 1. The number of likely N-dealkylation sites (N-methyl/N-ethyl adjacent to an activating group) is 1. The van der Waals surface area contributed by atoms with Gasteiger partial charge in [0.25, 0.3) is 0 Å². The molecule has 1 rings (SSSR count). The lowest BCUT2D eigenvalue weighted by molar-refractivity contribution is -0.119. The summed E-state index contributed by atoms with van der Waals surface area (Å²) in [6.07, 6.45) is 1.63. The van der Waals surface area contributed by atoms with Crippen LogP contribution in [0.4, 0.5) is 5.69 Å². The monoisotopic (exact) mass is 268 g/mol. The van der Waals surface area contributed by atoms with Crippen LogP contribution in [0.3, 0.4) is 0 Å². The highest BCUT2D eigenvalue weighted by atomic mass is 35.5. The zero-order chi connectivity index (χ0) is 13.5. The number of hydrogen-bond acceptors (Lipinski definition) is 3. The summed E-state index contributed by atoms with van der Waals surface area (Å²) in [5.41, 5.74) is 1.06. The van der Waals surface area contributed by atoms with Crippen molar-refractivity contribution in [3.8, 4) is 0 Å². The fourth-order valence-electron chi connectivity index (χ4n) is 1.64. The Kier molecular flexibility index (Phi) is 5.65. The van der Waals surface area contributed by atoms with Gasteiger partial charge in [0.05, 0.1) is 17.3 Å². The smallest absolute Gasteiger partial charge is 0.239 e. The Morgan fingerprint density at radius 2 is 2.22 bits per heavy atom. The fraction of sp³-hybridized carbons (Fsp3) is 0.385. The highest BCUT2D eigenvalue weighted by Crippen LogP contribution is 2.27. The van der Waals surface area contributed by atoms with Crippen LogP contribution < -0.4 is 10.2 Å². The predicted molar refractivity (Wildman–Crippen MR) is 73.4 cm³/mol. The van der Waals surface area contributed by atoms with Crippen molar-refractivity contribution in [1.29, 1.82) is 0 Å². The number of halogens is 1. The Hall–Kier alpha value is -1.55. The third-order valence-electron chi connectivity index (χ3n) is 2.48. The van der Waals surface area contributed by atoms with Gasteiger partial charge in [-0.1, -0.05) is 24.6 Å². The van der Waals surface area contributed by atoms with Gasteiger partial charge in [0, 0.05) is 19.2 Å². The molecule has 1 N–H and O–H groups in total. The molecule has 0 saturated heterocycles. The molecule has 5 heteroatoms. The van der Waals surface area contributed by atoms with Gasteiger partial charge in [-0.25, -0.2) is 0 Å². The lowest BCUT2D eigenvalue weighted by Gasteiger charge is -2.21. The van der Waals surface area contributed by atoms with Crippen LogP contribution >= 0.6 is 11.6 Å². The van der Waals surface area contributed by atoms with Crippen molar-refractivity contribution in [2.45, 2.75) is 13.3 Å². The summed E-state index contributed by atoms with van der Waals surface area (Å²) in [5, 5.41) is 3.24. The molecule has 0 heterocycles. The Labute approximate surface area is 112 Å². The molecule has 0 bridgehead atoms. The SMILES string of the molecule is CCCNC(=O)CN(C)c1c(Cl)cccc1C=O. The first-order chi connectivity index (χ1) is 8.60. The van der Waals surface area contributed by atoms with Crippen molar-refractivity contribution in [3.05, 3.63) is 28.8 Å². The lowest BCUT2D eigenvalue weighted by Crippen LogP contribution is -2.36. The highest BCUT2D eigenvalue weighted by Gasteiger charge is 2.13. The van der Waals surface area contributed by atoms with E-state index in [9.17, 15) is 9.59 Å². The van der Waals surface area contributed by atoms with Crippen molar-refractivity contribution >= 4 is 29.5 Å². The van der Waals surface area contributed by atoms with E-state index < -0.39 is 0 Å². The van der Waals surface area contributed by atoms with Gasteiger partial charge in [-0.15, -0.1) is 0 Å². The first-order valence-electron chi connectivity index (χ1n) is 5.81. The van der Waals surface area contributed by atoms with E-state index in [1.54, 1.807) is 30.1 Å². The van der Waals surface area contributed by atoms with Gasteiger partial charge in [-0.3, -0.25) is 9.59 Å². The number of nitrogens with one attached hydrogen (secondary N) is 1. The summed E-state index contributed by atoms with van der Waals surface area (Å²) in [6.45, 7) is 2.81. The molecule has 18 heavy (non-hydrogen) atoms. The maximum absolute atomic E-state index is 11.6. The second kappa shape index (κ2) is 7.01. The summed E-state index contributed by atoms with van der Waals surface area (Å²) in [4.78, 5) is 24.2. The average Bonchev–Trinajstić information content (AvgIpc) is 2.35. The van der Waals surface area contributed by atoms with E-state index in [1.165, 1.54) is 0 Å². The molecular weight excluding hydrogens is 252 g/mol. The molecular formula is C13H17ClN2O2. The number of para-hydroxylation sites is 1. The Morgan fingerprint density at radius 3 is 2.83 bits per heavy atom. The fourth-order valence-corrected chi connectivity index (χ4v) is 1.97. The summed E-state index contributed by atoms with van der Waals surface area (Å²) < 4.78 is 0. The van der Waals surface area contributed by atoms with E-state index in [1.807, 2.05) is 6.92 Å². The highest BCUT2D eigenvalue weighted by molar-refractivity contribution is 6.34. The summed E-state index contributed by atoms with van der Waals surface area (Å²) in [7, 11) is 1.74. The second-order valence-electron chi connectivity index (χ2n) is 4.00. The van der Waals surface area contributed by atoms with E-state index in [0.29, 0.717) is 22.8 Å². The van der Waals surface area contributed by atoms with Gasteiger partial charge in [0.2, 0.25) is 5.91 Å². The van der Waals surface area contributed by atoms with E-state index in [2.05, 4.69) is 5.32 Å². The number of benzene rings is 1. The lowest BCUT2D eigenvalue weighted by atomic mass is 10.2. The normalized spacial score (nSPS) is 9.94. The topological polar surface area (TPSA) is 49.4 Å². The molecule has 0 aliphatic rings. The molecule has 0 aromatic heterocycles. The van der Waals surface area contributed by atoms with Gasteiger partial charge < -0.3 is 10.2 Å². The van der Waals surface area contributed by atoms with Crippen LogP contribution in [0, 0.1) is 0 Å². The van der Waals surface area contributed by atoms with Gasteiger partial charge >= 0.3 is 0 Å². The second-order valence-corrected chi connectivity index (χ2v) is 4.41. The summed E-state index contributed by atoms with van der Waals surface area (Å²) >= 11 is 6.06. The van der Waals surface area contributed by atoms with Crippen LogP contribution in [0.1, 0.15) is 23.7 Å². The van der Waals surface area contributed by atoms with E-state index in [0.717, 1.165) is 12.7 Å². The van der Waals surface area contributed by atoms with Gasteiger partial charge in [0.1, 0.15) is 0 Å². The quantitative estimate of drug-likeness (QED) is 0.804. The zero-order valence-corrected chi connectivity index (χ0v) is 11.3. The van der Waals surface area contributed by atoms with E-state index in [4.69, 9.17) is 11.6 Å². The number of carbonyl (C=O) groups excluding carboxylic acids is 2. The van der Waals surface area contributed by atoms with Gasteiger partial charge in [-0.2, -0.15) is 0 Å². The van der Waals surface area contributed by atoms with Crippen molar-refractivity contribution in [2.24, 2.45) is 0 Å². The number of aldehydes is 1. The molecule has 0 aliphatic heterocycles. The summed E-state index contributed by atoms with van der Waals surface area (Å²) in [6, 6.07) is 5.08. The van der Waals surface area contributed by atoms with E-state index >= 15 is 0 Å². The molecule has 0 radical (unpaired) electrons. The average molecular weight is 269 g/mol. The van der Waals surface area contributed by atoms with Crippen LogP contribution in [-0.4, -0.2) is 32.3 Å². The number of amides is 1. The van der Waals surface area contributed by atoms with Crippen LogP contribution in [0.5, 0.6) is 0 Å². The zero-order valence-electron chi connectivity index (χ0n) is 10.6. The maximum atomic E-state index is 11.6. The van der Waals surface area contributed by atoms with Crippen LogP contribution in [-0.2, 0) is 4.79 Å². The minimum Gasteiger partial charge on any atom is -0.364 e. The number of anilines is 1. The molecule has 0 unspecified atom stereocenters. The molecule has 1 aromatic carbocycles. The minimum absolute atomic E-state index is 0.0869. The number of carbonyl (C=O) groups is 2. The first kappa shape index (κ1) is 14.5. The van der Waals surface area contributed by atoms with Crippen LogP contribution in [0.2, 0.25) is 5.02 Å². The Balaban J connectivity index is 2.80. The van der Waals surface area contributed by atoms with Crippen LogP contribution in [0.25, 0.3) is 0 Å². The minimum atomic E-state index is -0.0869. The van der Waals surface area contributed by atoms with Crippen molar-refractivity contribution < 1.29 is 9.59 Å². The Bertz CT molecular complexity index is 435. The summed E-state index contributed by atoms with van der Waals surface area (Å²) in [5.74, 6) is -0.0869. The molecule has 0 saturated carbocycles. The molecule has 0 atom stereocenters. The standard InChI is InChI=1S/C13H17ClN2O2/c1-3-7-15-12(18)8-16(2)13-10(9-17)5-4-6-11(13)14/h4-6,9H,3,7-8H2,1-2H3,(H,15,18). The van der Waals surface area contributed by atoms with E-state index in [-0.39, 0.29) is 12.5 Å². The van der Waals surface area contributed by atoms with Crippen molar-refractivity contribution in [1.82, 2.24) is 5.32 Å². The molecule has 0 aliphatic carbocycles. The molecule has 1 aromatic rings. The Morgan fingerprint density at radius 1 is 1.50 bits per heavy atom. The van der Waals surface area contributed by atoms with Gasteiger partial charge in [0.15, 0.2) is 6.29 Å². The van der Waals surface area contributed by atoms with Crippen molar-refractivity contribution in [3.63, 3.8) is 0 Å². The molecule has 0 fully saturated rings. The number of nitrogens with zero attached hydrogens (tertiary/aromatic N) is 1. The van der Waals surface area contributed by atoms with Crippen LogP contribution in [0.15, 0.2) is 18.2 Å².